The van der Waals surface area contributed by atoms with E-state index in [9.17, 15) is 0 Å². The smallest absolute Gasteiger partial charge is 0.258 e. The molecular formula is C17H20N6O. The molecule has 0 aliphatic carbocycles. The predicted molar refractivity (Wildman–Crippen MR) is 89.5 cm³/mol. The third-order valence-corrected chi connectivity index (χ3v) is 4.41. The molecule has 0 bridgehead atoms. The molecule has 1 aliphatic heterocycles. The van der Waals surface area contributed by atoms with E-state index < -0.39 is 0 Å². The van der Waals surface area contributed by atoms with Gasteiger partial charge in [-0.15, -0.1) is 0 Å². The molecule has 0 radical (unpaired) electrons. The first-order chi connectivity index (χ1) is 11.7. The molecule has 0 spiro atoms. The molecule has 3 aromatic rings. The fraction of sp³-hybridized carbons (Fsp3) is 0.412. The molecule has 0 aromatic carbocycles. The van der Waals surface area contributed by atoms with Gasteiger partial charge in [-0.3, -0.25) is 4.68 Å². The predicted octanol–water partition coefficient (Wildman–Crippen LogP) is 2.24. The molecule has 1 aliphatic rings. The summed E-state index contributed by atoms with van der Waals surface area (Å²) in [6, 6.07) is 3.93. The van der Waals surface area contributed by atoms with Gasteiger partial charge >= 0.3 is 0 Å². The molecule has 4 heterocycles. The van der Waals surface area contributed by atoms with Crippen LogP contribution in [-0.2, 0) is 13.5 Å². The summed E-state index contributed by atoms with van der Waals surface area (Å²) in [4.78, 5) is 11.1. The van der Waals surface area contributed by atoms with E-state index in [0.717, 1.165) is 30.9 Å². The largest absolute Gasteiger partial charge is 0.356 e. The summed E-state index contributed by atoms with van der Waals surface area (Å²) < 4.78 is 7.11. The van der Waals surface area contributed by atoms with Gasteiger partial charge in [0, 0.05) is 38.1 Å². The molecule has 1 unspecified atom stereocenters. The van der Waals surface area contributed by atoms with E-state index in [4.69, 9.17) is 4.52 Å². The fourth-order valence-electron chi connectivity index (χ4n) is 3.26. The topological polar surface area (TPSA) is 72.9 Å². The van der Waals surface area contributed by atoms with Gasteiger partial charge in [0.25, 0.3) is 5.89 Å². The molecule has 1 fully saturated rings. The van der Waals surface area contributed by atoms with Crippen LogP contribution in [0.4, 0.5) is 5.82 Å². The molecular weight excluding hydrogens is 304 g/mol. The number of aryl methyl sites for hydroxylation is 2. The van der Waals surface area contributed by atoms with Gasteiger partial charge < -0.3 is 9.42 Å². The van der Waals surface area contributed by atoms with Gasteiger partial charge in [-0.05, 0) is 43.4 Å². The summed E-state index contributed by atoms with van der Waals surface area (Å²) >= 11 is 0. The van der Waals surface area contributed by atoms with Crippen LogP contribution in [-0.4, -0.2) is 38.0 Å². The van der Waals surface area contributed by atoms with Crippen LogP contribution < -0.4 is 4.90 Å². The Hall–Kier alpha value is -2.70. The minimum Gasteiger partial charge on any atom is -0.356 e. The van der Waals surface area contributed by atoms with E-state index in [-0.39, 0.29) is 0 Å². The first-order valence-electron chi connectivity index (χ1n) is 8.16. The van der Waals surface area contributed by atoms with Crippen LogP contribution in [0.1, 0.15) is 17.8 Å². The molecule has 1 atom stereocenters. The van der Waals surface area contributed by atoms with Gasteiger partial charge in [0.1, 0.15) is 5.82 Å². The Morgan fingerprint density at radius 1 is 1.38 bits per heavy atom. The average Bonchev–Trinajstić information content (AvgIpc) is 3.30. The Morgan fingerprint density at radius 2 is 2.29 bits per heavy atom. The van der Waals surface area contributed by atoms with Crippen molar-refractivity contribution < 1.29 is 4.52 Å². The summed E-state index contributed by atoms with van der Waals surface area (Å²) in [7, 11) is 1.96. The Balaban J connectivity index is 1.47. The van der Waals surface area contributed by atoms with E-state index in [0.29, 0.717) is 17.6 Å². The molecule has 4 rings (SSSR count). The third kappa shape index (κ3) is 3.02. The summed E-state index contributed by atoms with van der Waals surface area (Å²) in [5.74, 6) is 2.78. The summed E-state index contributed by atoms with van der Waals surface area (Å²) in [5, 5.41) is 8.10. The monoisotopic (exact) mass is 324 g/mol. The Bertz CT molecular complexity index is 839. The highest BCUT2D eigenvalue weighted by Gasteiger charge is 2.24. The maximum atomic E-state index is 5.25. The van der Waals surface area contributed by atoms with E-state index in [1.165, 1.54) is 12.0 Å². The van der Waals surface area contributed by atoms with Crippen molar-refractivity contribution in [2.45, 2.75) is 19.8 Å². The van der Waals surface area contributed by atoms with Crippen LogP contribution >= 0.6 is 0 Å². The van der Waals surface area contributed by atoms with Crippen LogP contribution in [0.5, 0.6) is 0 Å². The van der Waals surface area contributed by atoms with Gasteiger partial charge in [-0.2, -0.15) is 10.1 Å². The zero-order chi connectivity index (χ0) is 16.5. The zero-order valence-electron chi connectivity index (χ0n) is 13.9. The average molecular weight is 324 g/mol. The first-order valence-corrected chi connectivity index (χ1v) is 8.16. The van der Waals surface area contributed by atoms with Gasteiger partial charge in [0.05, 0.1) is 6.20 Å². The van der Waals surface area contributed by atoms with Gasteiger partial charge in [0.15, 0.2) is 5.82 Å². The Morgan fingerprint density at radius 3 is 3.04 bits per heavy atom. The molecule has 3 aromatic heterocycles. The Labute approximate surface area is 140 Å². The normalized spacial score (nSPS) is 17.6. The van der Waals surface area contributed by atoms with Crippen LogP contribution in [0.3, 0.4) is 0 Å². The van der Waals surface area contributed by atoms with Crippen molar-refractivity contribution in [3.05, 3.63) is 42.1 Å². The highest BCUT2D eigenvalue weighted by Crippen LogP contribution is 2.27. The summed E-state index contributed by atoms with van der Waals surface area (Å²) in [6.45, 7) is 3.84. The molecule has 24 heavy (non-hydrogen) atoms. The minimum absolute atomic E-state index is 0.544. The van der Waals surface area contributed by atoms with Crippen molar-refractivity contribution >= 4 is 5.82 Å². The second kappa shape index (κ2) is 6.07. The first kappa shape index (κ1) is 14.9. The van der Waals surface area contributed by atoms with E-state index in [2.05, 4.69) is 31.3 Å². The second-order valence-electron chi connectivity index (χ2n) is 6.38. The lowest BCUT2D eigenvalue weighted by molar-refractivity contribution is 0.425. The fourth-order valence-corrected chi connectivity index (χ4v) is 3.26. The molecule has 1 saturated heterocycles. The van der Waals surface area contributed by atoms with E-state index in [1.54, 1.807) is 6.20 Å². The lowest BCUT2D eigenvalue weighted by Gasteiger charge is -2.17. The number of nitrogens with zero attached hydrogens (tertiary/aromatic N) is 6. The lowest BCUT2D eigenvalue weighted by Crippen LogP contribution is -2.21. The summed E-state index contributed by atoms with van der Waals surface area (Å²) in [5.41, 5.74) is 2.21. The molecule has 7 nitrogen and oxygen atoms in total. The van der Waals surface area contributed by atoms with Crippen molar-refractivity contribution in [1.82, 2.24) is 24.9 Å². The number of pyridine rings is 1. The van der Waals surface area contributed by atoms with Gasteiger partial charge in [-0.1, -0.05) is 5.16 Å². The maximum absolute atomic E-state index is 5.25. The van der Waals surface area contributed by atoms with E-state index in [1.807, 2.05) is 37.0 Å². The van der Waals surface area contributed by atoms with Gasteiger partial charge in [0.2, 0.25) is 0 Å². The van der Waals surface area contributed by atoms with E-state index >= 15 is 0 Å². The SMILES string of the molecule is Cc1noc(-c2ccnc(N3CCC(Cc4cnn(C)c4)C3)c2)n1. The highest BCUT2D eigenvalue weighted by atomic mass is 16.5. The number of hydrogen-bond donors (Lipinski definition) is 0. The third-order valence-electron chi connectivity index (χ3n) is 4.41. The van der Waals surface area contributed by atoms with Crippen LogP contribution in [0.2, 0.25) is 0 Å². The van der Waals surface area contributed by atoms with Crippen molar-refractivity contribution in [1.29, 1.82) is 0 Å². The van der Waals surface area contributed by atoms with Crippen molar-refractivity contribution in [2.24, 2.45) is 13.0 Å². The molecule has 0 N–H and O–H groups in total. The summed E-state index contributed by atoms with van der Waals surface area (Å²) in [6.07, 6.45) is 8.09. The second-order valence-corrected chi connectivity index (χ2v) is 6.38. The highest BCUT2D eigenvalue weighted by molar-refractivity contribution is 5.58. The number of hydrogen-bond acceptors (Lipinski definition) is 6. The van der Waals surface area contributed by atoms with Crippen molar-refractivity contribution in [3.8, 4) is 11.5 Å². The quantitative estimate of drug-likeness (QED) is 0.733. The zero-order valence-corrected chi connectivity index (χ0v) is 13.9. The lowest BCUT2D eigenvalue weighted by atomic mass is 10.0. The molecule has 0 saturated carbocycles. The minimum atomic E-state index is 0.544. The van der Waals surface area contributed by atoms with Crippen LogP contribution in [0.15, 0.2) is 35.2 Å². The number of anilines is 1. The van der Waals surface area contributed by atoms with Crippen LogP contribution in [0, 0.1) is 12.8 Å². The molecule has 7 heteroatoms. The van der Waals surface area contributed by atoms with Crippen LogP contribution in [0.25, 0.3) is 11.5 Å². The number of rotatable bonds is 4. The molecule has 124 valence electrons. The van der Waals surface area contributed by atoms with Gasteiger partial charge in [-0.25, -0.2) is 4.98 Å². The van der Waals surface area contributed by atoms with Crippen molar-refractivity contribution in [3.63, 3.8) is 0 Å². The maximum Gasteiger partial charge on any atom is 0.258 e. The number of aromatic nitrogens is 5. The standard InChI is InChI=1S/C17H20N6O/c1-12-20-17(24-21-12)15-3-5-18-16(8-15)23-6-4-13(11-23)7-14-9-19-22(2)10-14/h3,5,8-10,13H,4,6-7,11H2,1-2H3. The molecule has 0 amide bonds. The van der Waals surface area contributed by atoms with Crippen molar-refractivity contribution in [2.75, 3.05) is 18.0 Å². The Kier molecular flexibility index (Phi) is 3.76.